The fraction of sp³-hybridized carbons (Fsp3) is 0.111. The van der Waals surface area contributed by atoms with Gasteiger partial charge >= 0.3 is 5.97 Å². The van der Waals surface area contributed by atoms with E-state index in [4.69, 9.17) is 4.84 Å². The van der Waals surface area contributed by atoms with Crippen LogP contribution in [0.2, 0.25) is 0 Å². The van der Waals surface area contributed by atoms with E-state index in [0.29, 0.717) is 16.8 Å². The van der Waals surface area contributed by atoms with Gasteiger partial charge in [-0.15, -0.1) is 0 Å². The molecular formula is C18H16N2O4. The van der Waals surface area contributed by atoms with Crippen LogP contribution in [0.4, 0.5) is 5.69 Å². The number of hydrogen-bond acceptors (Lipinski definition) is 5. The molecule has 0 unspecified atom stereocenters. The van der Waals surface area contributed by atoms with Crippen LogP contribution in [0.25, 0.3) is 11.6 Å². The highest BCUT2D eigenvalue weighted by molar-refractivity contribution is 6.27. The summed E-state index contributed by atoms with van der Waals surface area (Å²) in [6.45, 7) is 2.93. The van der Waals surface area contributed by atoms with Crippen molar-refractivity contribution in [2.75, 3.05) is 0 Å². The lowest BCUT2D eigenvalue weighted by atomic mass is 9.99. The lowest BCUT2D eigenvalue weighted by Crippen LogP contribution is -2.01. The highest BCUT2D eigenvalue weighted by Gasteiger charge is 2.12. The average molecular weight is 324 g/mol. The Morgan fingerprint density at radius 3 is 2.46 bits per heavy atom. The molecule has 0 aliphatic carbocycles. The standard InChI is InChI=1S/C18H16N2O4/c1-13(19-24-14(2)21)18(11-15-7-4-3-5-8-15)16-9-6-10-17(12-16)20(22)23/h3-12H,1-2H3/b18-11-,19-13+. The van der Waals surface area contributed by atoms with Gasteiger partial charge < -0.3 is 4.84 Å². The molecular weight excluding hydrogens is 308 g/mol. The van der Waals surface area contributed by atoms with Gasteiger partial charge in [0.25, 0.3) is 5.69 Å². The first-order valence-electron chi connectivity index (χ1n) is 7.21. The first-order valence-corrected chi connectivity index (χ1v) is 7.21. The van der Waals surface area contributed by atoms with Crippen molar-refractivity contribution < 1.29 is 14.6 Å². The quantitative estimate of drug-likeness (QED) is 0.273. The number of nitro groups is 1. The number of nitrogens with zero attached hydrogens (tertiary/aromatic N) is 2. The summed E-state index contributed by atoms with van der Waals surface area (Å²) in [7, 11) is 0. The van der Waals surface area contributed by atoms with Crippen molar-refractivity contribution in [1.29, 1.82) is 0 Å². The molecule has 0 aromatic heterocycles. The Morgan fingerprint density at radius 1 is 1.12 bits per heavy atom. The van der Waals surface area contributed by atoms with Gasteiger partial charge in [0.2, 0.25) is 0 Å². The lowest BCUT2D eigenvalue weighted by Gasteiger charge is -2.08. The maximum Gasteiger partial charge on any atom is 0.331 e. The minimum absolute atomic E-state index is 0.0215. The Balaban J connectivity index is 2.52. The third-order valence-corrected chi connectivity index (χ3v) is 3.18. The van der Waals surface area contributed by atoms with Crippen molar-refractivity contribution in [3.63, 3.8) is 0 Å². The van der Waals surface area contributed by atoms with Gasteiger partial charge in [0.05, 0.1) is 10.6 Å². The molecule has 6 heteroatoms. The van der Waals surface area contributed by atoms with Crippen molar-refractivity contribution in [2.24, 2.45) is 5.16 Å². The van der Waals surface area contributed by atoms with Crippen LogP contribution >= 0.6 is 0 Å². The summed E-state index contributed by atoms with van der Waals surface area (Å²) in [6.07, 6.45) is 1.83. The highest BCUT2D eigenvalue weighted by Crippen LogP contribution is 2.24. The molecule has 0 spiro atoms. The van der Waals surface area contributed by atoms with Crippen LogP contribution in [0.15, 0.2) is 59.8 Å². The molecule has 122 valence electrons. The Morgan fingerprint density at radius 2 is 1.83 bits per heavy atom. The number of carbonyl (C=O) groups excluding carboxylic acids is 1. The molecule has 2 aromatic carbocycles. The Labute approximate surface area is 139 Å². The van der Waals surface area contributed by atoms with Crippen molar-refractivity contribution in [3.8, 4) is 0 Å². The van der Waals surface area contributed by atoms with Crippen molar-refractivity contribution >= 4 is 29.0 Å². The first-order chi connectivity index (χ1) is 11.5. The molecule has 24 heavy (non-hydrogen) atoms. The van der Waals surface area contributed by atoms with Gasteiger partial charge in [-0.25, -0.2) is 4.79 Å². The van der Waals surface area contributed by atoms with Crippen LogP contribution in [0.3, 0.4) is 0 Å². The van der Waals surface area contributed by atoms with E-state index in [9.17, 15) is 14.9 Å². The molecule has 0 N–H and O–H groups in total. The molecule has 0 fully saturated rings. The van der Waals surface area contributed by atoms with Crippen LogP contribution in [-0.2, 0) is 9.63 Å². The van der Waals surface area contributed by atoms with Gasteiger partial charge in [-0.3, -0.25) is 10.1 Å². The largest absolute Gasteiger partial charge is 0.331 e. The molecule has 2 aromatic rings. The number of benzene rings is 2. The zero-order chi connectivity index (χ0) is 17.5. The average Bonchev–Trinajstić information content (AvgIpc) is 2.58. The summed E-state index contributed by atoms with van der Waals surface area (Å²) >= 11 is 0. The number of hydrogen-bond donors (Lipinski definition) is 0. The molecule has 0 saturated heterocycles. The second-order valence-electron chi connectivity index (χ2n) is 5.04. The van der Waals surface area contributed by atoms with Gasteiger partial charge in [0.1, 0.15) is 0 Å². The second kappa shape index (κ2) is 7.82. The minimum Gasteiger partial charge on any atom is -0.318 e. The van der Waals surface area contributed by atoms with Gasteiger partial charge in [-0.1, -0.05) is 47.6 Å². The van der Waals surface area contributed by atoms with Gasteiger partial charge in [-0.05, 0) is 24.1 Å². The zero-order valence-corrected chi connectivity index (χ0v) is 13.3. The molecule has 2 rings (SSSR count). The number of nitro benzene ring substituents is 1. The number of carbonyl (C=O) groups is 1. The first kappa shape index (κ1) is 17.1. The zero-order valence-electron chi connectivity index (χ0n) is 13.3. The van der Waals surface area contributed by atoms with E-state index in [2.05, 4.69) is 5.16 Å². The third-order valence-electron chi connectivity index (χ3n) is 3.18. The smallest absolute Gasteiger partial charge is 0.318 e. The molecule has 0 radical (unpaired) electrons. The van der Waals surface area contributed by atoms with Crippen molar-refractivity contribution in [2.45, 2.75) is 13.8 Å². The van der Waals surface area contributed by atoms with Crippen molar-refractivity contribution in [3.05, 3.63) is 75.8 Å². The van der Waals surface area contributed by atoms with E-state index in [1.165, 1.54) is 19.1 Å². The number of oxime groups is 1. The molecule has 0 bridgehead atoms. The molecule has 0 aliphatic rings. The van der Waals surface area contributed by atoms with E-state index < -0.39 is 10.9 Å². The third kappa shape index (κ3) is 4.61. The highest BCUT2D eigenvalue weighted by atomic mass is 16.7. The Bertz CT molecular complexity index is 811. The van der Waals surface area contributed by atoms with Crippen LogP contribution in [-0.4, -0.2) is 16.6 Å². The second-order valence-corrected chi connectivity index (χ2v) is 5.04. The molecule has 0 heterocycles. The summed E-state index contributed by atoms with van der Waals surface area (Å²) in [4.78, 5) is 26.2. The Hall–Kier alpha value is -3.28. The summed E-state index contributed by atoms with van der Waals surface area (Å²) in [5.41, 5.74) is 2.56. The van der Waals surface area contributed by atoms with Gasteiger partial charge in [0, 0.05) is 24.6 Å². The van der Waals surface area contributed by atoms with E-state index in [1.54, 1.807) is 19.1 Å². The van der Waals surface area contributed by atoms with Crippen LogP contribution in [0, 0.1) is 10.1 Å². The topological polar surface area (TPSA) is 81.8 Å². The molecule has 0 aliphatic heterocycles. The van der Waals surface area contributed by atoms with E-state index in [0.717, 1.165) is 5.56 Å². The molecule has 0 saturated carbocycles. The summed E-state index contributed by atoms with van der Waals surface area (Å²) in [6, 6.07) is 15.7. The predicted molar refractivity (Wildman–Crippen MR) is 92.3 cm³/mol. The van der Waals surface area contributed by atoms with E-state index >= 15 is 0 Å². The summed E-state index contributed by atoms with van der Waals surface area (Å²) in [5, 5.41) is 14.8. The van der Waals surface area contributed by atoms with E-state index in [-0.39, 0.29) is 5.69 Å². The fourth-order valence-corrected chi connectivity index (χ4v) is 2.08. The summed E-state index contributed by atoms with van der Waals surface area (Å²) < 4.78 is 0. The maximum absolute atomic E-state index is 11.0. The minimum atomic E-state index is -0.535. The number of rotatable bonds is 5. The molecule has 6 nitrogen and oxygen atoms in total. The Kier molecular flexibility index (Phi) is 5.57. The monoisotopic (exact) mass is 324 g/mol. The lowest BCUT2D eigenvalue weighted by molar-refractivity contribution is -0.384. The SMILES string of the molecule is CC(=O)O/N=C(C)/C(=C/c1ccccc1)c1cccc([N+](=O)[O-])c1. The van der Waals surface area contributed by atoms with Crippen LogP contribution < -0.4 is 0 Å². The van der Waals surface area contributed by atoms with Crippen molar-refractivity contribution in [1.82, 2.24) is 0 Å². The molecule has 0 atom stereocenters. The predicted octanol–water partition coefficient (Wildman–Crippen LogP) is 4.07. The van der Waals surface area contributed by atoms with Crippen LogP contribution in [0.1, 0.15) is 25.0 Å². The fourth-order valence-electron chi connectivity index (χ4n) is 2.08. The molecule has 0 amide bonds. The van der Waals surface area contributed by atoms with Crippen LogP contribution in [0.5, 0.6) is 0 Å². The number of non-ortho nitro benzene ring substituents is 1. The van der Waals surface area contributed by atoms with Gasteiger partial charge in [-0.2, -0.15) is 0 Å². The van der Waals surface area contributed by atoms with E-state index in [1.807, 2.05) is 36.4 Å². The van der Waals surface area contributed by atoms with Gasteiger partial charge in [0.15, 0.2) is 0 Å². The number of allylic oxidation sites excluding steroid dienone is 1. The maximum atomic E-state index is 11.0. The normalized spacial score (nSPS) is 11.9. The summed E-state index contributed by atoms with van der Waals surface area (Å²) in [5.74, 6) is -0.535.